The number of nitrogens with one attached hydrogen (secondary N) is 1. The van der Waals surface area contributed by atoms with Crippen molar-refractivity contribution in [3.05, 3.63) is 57.6 Å². The molecule has 0 saturated carbocycles. The molecule has 1 heterocycles. The van der Waals surface area contributed by atoms with Gasteiger partial charge in [0.15, 0.2) is 0 Å². The fourth-order valence-corrected chi connectivity index (χ4v) is 3.14. The van der Waals surface area contributed by atoms with Crippen LogP contribution in [0.4, 0.5) is 0 Å². The first-order valence-corrected chi connectivity index (χ1v) is 8.55. The van der Waals surface area contributed by atoms with E-state index in [0.29, 0.717) is 28.8 Å². The fourth-order valence-electron chi connectivity index (χ4n) is 2.63. The van der Waals surface area contributed by atoms with Gasteiger partial charge in [0.1, 0.15) is 24.7 Å². The monoisotopic (exact) mass is 381 g/mol. The molecule has 2 aromatic rings. The van der Waals surface area contributed by atoms with Gasteiger partial charge in [0.2, 0.25) is 0 Å². The summed E-state index contributed by atoms with van der Waals surface area (Å²) in [7, 11) is 0. The summed E-state index contributed by atoms with van der Waals surface area (Å²) in [5.74, 6) is 0.524. The molecule has 0 bridgehead atoms. The summed E-state index contributed by atoms with van der Waals surface area (Å²) in [5.41, 5.74) is 1.75. The standard InChI is InChI=1S/C18H17Cl2NO4/c19-15-2-1-3-16(20)14(15)10-24-13-5-4-11-6-12(21-8-18(22)23)9-25-17(11)7-13/h1-5,7,12,21H,6,8-10H2,(H,22,23). The number of halogens is 2. The Bertz CT molecular complexity index is 761. The highest BCUT2D eigenvalue weighted by Crippen LogP contribution is 2.31. The van der Waals surface area contributed by atoms with Crippen molar-refractivity contribution in [3.63, 3.8) is 0 Å². The molecule has 0 spiro atoms. The smallest absolute Gasteiger partial charge is 0.317 e. The van der Waals surface area contributed by atoms with Crippen molar-refractivity contribution in [3.8, 4) is 11.5 Å². The van der Waals surface area contributed by atoms with E-state index in [0.717, 1.165) is 16.9 Å². The number of hydrogen-bond donors (Lipinski definition) is 2. The zero-order valence-electron chi connectivity index (χ0n) is 13.3. The Kier molecular flexibility index (Phi) is 5.68. The van der Waals surface area contributed by atoms with E-state index in [1.54, 1.807) is 18.2 Å². The van der Waals surface area contributed by atoms with E-state index in [1.807, 2.05) is 18.2 Å². The lowest BCUT2D eigenvalue weighted by molar-refractivity contribution is -0.136. The molecule has 2 N–H and O–H groups in total. The number of carboxylic acids is 1. The molecule has 1 atom stereocenters. The number of carbonyl (C=O) groups is 1. The second-order valence-corrected chi connectivity index (χ2v) is 6.56. The number of fused-ring (bicyclic) bond motifs is 1. The largest absolute Gasteiger partial charge is 0.492 e. The molecule has 1 aliphatic heterocycles. The molecule has 5 nitrogen and oxygen atoms in total. The predicted octanol–water partition coefficient (Wildman–Crippen LogP) is 3.55. The minimum Gasteiger partial charge on any atom is -0.492 e. The number of aliphatic carboxylic acids is 1. The summed E-state index contributed by atoms with van der Waals surface area (Å²) in [6.45, 7) is 0.601. The van der Waals surface area contributed by atoms with Crippen molar-refractivity contribution in [1.82, 2.24) is 5.32 Å². The van der Waals surface area contributed by atoms with E-state index in [1.165, 1.54) is 0 Å². The number of hydrogen-bond acceptors (Lipinski definition) is 4. The topological polar surface area (TPSA) is 67.8 Å². The minimum absolute atomic E-state index is 0.0164. The maximum absolute atomic E-state index is 10.6. The third-order valence-electron chi connectivity index (χ3n) is 3.93. The molecular weight excluding hydrogens is 365 g/mol. The lowest BCUT2D eigenvalue weighted by Gasteiger charge is -2.26. The third-order valence-corrected chi connectivity index (χ3v) is 4.64. The quantitative estimate of drug-likeness (QED) is 0.800. The molecule has 7 heteroatoms. The van der Waals surface area contributed by atoms with E-state index in [9.17, 15) is 4.79 Å². The van der Waals surface area contributed by atoms with Crippen molar-refractivity contribution >= 4 is 29.2 Å². The van der Waals surface area contributed by atoms with E-state index in [-0.39, 0.29) is 19.2 Å². The Morgan fingerprint density at radius 1 is 1.28 bits per heavy atom. The molecule has 0 aromatic heterocycles. The number of carboxylic acid groups (broad SMARTS) is 1. The van der Waals surface area contributed by atoms with Crippen molar-refractivity contribution in [2.24, 2.45) is 0 Å². The number of benzene rings is 2. The first kappa shape index (κ1) is 17.9. The summed E-state index contributed by atoms with van der Waals surface area (Å²) >= 11 is 12.3. The second-order valence-electron chi connectivity index (χ2n) is 5.75. The van der Waals surface area contributed by atoms with Crippen LogP contribution in [0.5, 0.6) is 11.5 Å². The summed E-state index contributed by atoms with van der Waals surface area (Å²) in [5, 5.41) is 12.8. The maximum Gasteiger partial charge on any atom is 0.317 e. The Morgan fingerprint density at radius 3 is 2.76 bits per heavy atom. The molecule has 2 aromatic carbocycles. The molecule has 0 radical (unpaired) electrons. The van der Waals surface area contributed by atoms with Crippen molar-refractivity contribution < 1.29 is 19.4 Å². The van der Waals surface area contributed by atoms with Crippen molar-refractivity contribution in [1.29, 1.82) is 0 Å². The summed E-state index contributed by atoms with van der Waals surface area (Å²) in [4.78, 5) is 10.6. The van der Waals surface area contributed by atoms with Gasteiger partial charge in [0.05, 0.1) is 6.54 Å². The summed E-state index contributed by atoms with van der Waals surface area (Å²) in [6, 6.07) is 10.9. The molecule has 3 rings (SSSR count). The first-order chi connectivity index (χ1) is 12.0. The minimum atomic E-state index is -0.882. The number of rotatable bonds is 6. The second kappa shape index (κ2) is 7.95. The van der Waals surface area contributed by atoms with Crippen molar-refractivity contribution in [2.45, 2.75) is 19.1 Å². The van der Waals surface area contributed by atoms with Gasteiger partial charge in [-0.25, -0.2) is 0 Å². The summed E-state index contributed by atoms with van der Waals surface area (Å²) < 4.78 is 11.5. The molecule has 0 aliphatic carbocycles. The van der Waals surface area contributed by atoms with Crippen LogP contribution in [0.3, 0.4) is 0 Å². The van der Waals surface area contributed by atoms with Crippen LogP contribution in [0, 0.1) is 0 Å². The predicted molar refractivity (Wildman–Crippen MR) is 95.9 cm³/mol. The van der Waals surface area contributed by atoms with Gasteiger partial charge in [0, 0.05) is 27.7 Å². The highest BCUT2D eigenvalue weighted by molar-refractivity contribution is 6.35. The molecule has 0 fully saturated rings. The van der Waals surface area contributed by atoms with E-state index in [2.05, 4.69) is 5.32 Å². The summed E-state index contributed by atoms with van der Waals surface area (Å²) in [6.07, 6.45) is 0.708. The normalized spacial score (nSPS) is 16.0. The molecular formula is C18H17Cl2NO4. The van der Waals surface area contributed by atoms with E-state index >= 15 is 0 Å². The zero-order valence-corrected chi connectivity index (χ0v) is 14.8. The van der Waals surface area contributed by atoms with Crippen LogP contribution >= 0.6 is 23.2 Å². The molecule has 25 heavy (non-hydrogen) atoms. The van der Waals surface area contributed by atoms with Crippen LogP contribution < -0.4 is 14.8 Å². The van der Waals surface area contributed by atoms with E-state index in [4.69, 9.17) is 37.8 Å². The Morgan fingerprint density at radius 2 is 2.04 bits per heavy atom. The Hall–Kier alpha value is -1.95. The van der Waals surface area contributed by atoms with Crippen molar-refractivity contribution in [2.75, 3.05) is 13.2 Å². The zero-order chi connectivity index (χ0) is 17.8. The van der Waals surface area contributed by atoms with Gasteiger partial charge in [-0.3, -0.25) is 4.79 Å². The molecule has 1 aliphatic rings. The molecule has 1 unspecified atom stereocenters. The third kappa shape index (κ3) is 4.57. The maximum atomic E-state index is 10.6. The van der Waals surface area contributed by atoms with E-state index < -0.39 is 5.97 Å². The molecule has 132 valence electrons. The van der Waals surface area contributed by atoms with Gasteiger partial charge < -0.3 is 19.9 Å². The number of ether oxygens (including phenoxy) is 2. The van der Waals surface area contributed by atoms with Crippen LogP contribution in [-0.4, -0.2) is 30.3 Å². The average Bonchev–Trinajstić information content (AvgIpc) is 2.59. The lowest BCUT2D eigenvalue weighted by atomic mass is 10.0. The Balaban J connectivity index is 1.63. The van der Waals surface area contributed by atoms with Gasteiger partial charge in [0.25, 0.3) is 0 Å². The van der Waals surface area contributed by atoms with Gasteiger partial charge >= 0.3 is 5.97 Å². The van der Waals surface area contributed by atoms with Gasteiger partial charge in [-0.1, -0.05) is 35.3 Å². The molecule has 0 saturated heterocycles. The van der Waals surface area contributed by atoms with Crippen LogP contribution in [-0.2, 0) is 17.8 Å². The van der Waals surface area contributed by atoms with Crippen LogP contribution in [0.15, 0.2) is 36.4 Å². The SMILES string of the molecule is O=C(O)CNC1COc2cc(OCc3c(Cl)cccc3Cl)ccc2C1. The fraction of sp³-hybridized carbons (Fsp3) is 0.278. The van der Waals surface area contributed by atoms with Crippen LogP contribution in [0.1, 0.15) is 11.1 Å². The van der Waals surface area contributed by atoms with Gasteiger partial charge in [-0.05, 0) is 30.2 Å². The van der Waals surface area contributed by atoms with Crippen LogP contribution in [0.25, 0.3) is 0 Å². The average molecular weight is 382 g/mol. The Labute approximate surface area is 155 Å². The molecule has 0 amide bonds. The van der Waals surface area contributed by atoms with Gasteiger partial charge in [-0.15, -0.1) is 0 Å². The highest BCUT2D eigenvalue weighted by Gasteiger charge is 2.20. The lowest BCUT2D eigenvalue weighted by Crippen LogP contribution is -2.41. The highest BCUT2D eigenvalue weighted by atomic mass is 35.5. The van der Waals surface area contributed by atoms with Crippen LogP contribution in [0.2, 0.25) is 10.0 Å². The first-order valence-electron chi connectivity index (χ1n) is 7.79. The van der Waals surface area contributed by atoms with Gasteiger partial charge in [-0.2, -0.15) is 0 Å².